The van der Waals surface area contributed by atoms with Crippen LogP contribution in [0.25, 0.3) is 10.8 Å². The molecule has 0 saturated heterocycles. The lowest BCUT2D eigenvalue weighted by Crippen LogP contribution is -2.30. The molecule has 0 radical (unpaired) electrons. The summed E-state index contributed by atoms with van der Waals surface area (Å²) in [6, 6.07) is 17.8. The zero-order chi connectivity index (χ0) is 18.0. The van der Waals surface area contributed by atoms with E-state index in [4.69, 9.17) is 16.3 Å². The van der Waals surface area contributed by atoms with Crippen molar-refractivity contribution in [3.8, 4) is 5.75 Å². The highest BCUT2D eigenvalue weighted by atomic mass is 35.5. The number of hydrogen-bond donors (Lipinski definition) is 0. The van der Waals surface area contributed by atoms with E-state index in [0.717, 1.165) is 10.8 Å². The molecule has 25 heavy (non-hydrogen) atoms. The fourth-order valence-electron chi connectivity index (χ4n) is 2.76. The number of methoxy groups -OCH3 is 1. The van der Waals surface area contributed by atoms with Crippen molar-refractivity contribution in [1.82, 2.24) is 0 Å². The number of fused-ring (bicyclic) bond motifs is 1. The lowest BCUT2D eigenvalue weighted by atomic mass is 10.1. The van der Waals surface area contributed by atoms with Crippen molar-refractivity contribution in [2.45, 2.75) is 11.8 Å². The second kappa shape index (κ2) is 6.94. The van der Waals surface area contributed by atoms with Crippen molar-refractivity contribution in [1.29, 1.82) is 0 Å². The smallest absolute Gasteiger partial charge is 0.264 e. The predicted octanol–water partition coefficient (Wildman–Crippen LogP) is 4.72. The maximum absolute atomic E-state index is 13.1. The Labute approximate surface area is 152 Å². The Hall–Kier alpha value is -2.24. The van der Waals surface area contributed by atoms with Gasteiger partial charge in [-0.05, 0) is 48.0 Å². The van der Waals surface area contributed by atoms with Gasteiger partial charge < -0.3 is 4.74 Å². The van der Waals surface area contributed by atoms with E-state index < -0.39 is 10.0 Å². The van der Waals surface area contributed by atoms with Crippen LogP contribution in [0.15, 0.2) is 65.6 Å². The van der Waals surface area contributed by atoms with Gasteiger partial charge in [0.25, 0.3) is 10.0 Å². The van der Waals surface area contributed by atoms with E-state index in [1.54, 1.807) is 37.3 Å². The number of halogens is 1. The summed E-state index contributed by atoms with van der Waals surface area (Å²) in [5.41, 5.74) is 0.501. The normalized spacial score (nSPS) is 11.5. The van der Waals surface area contributed by atoms with Crippen molar-refractivity contribution >= 4 is 38.1 Å². The van der Waals surface area contributed by atoms with Crippen molar-refractivity contribution < 1.29 is 13.2 Å². The van der Waals surface area contributed by atoms with Gasteiger partial charge in [-0.3, -0.25) is 4.31 Å². The van der Waals surface area contributed by atoms with E-state index in [9.17, 15) is 8.42 Å². The van der Waals surface area contributed by atoms with Gasteiger partial charge in [0.1, 0.15) is 5.75 Å². The number of sulfonamides is 1. The number of rotatable bonds is 5. The van der Waals surface area contributed by atoms with Crippen molar-refractivity contribution in [2.75, 3.05) is 18.0 Å². The van der Waals surface area contributed by atoms with Crippen LogP contribution in [-0.4, -0.2) is 22.1 Å². The van der Waals surface area contributed by atoms with E-state index in [1.807, 2.05) is 30.3 Å². The van der Waals surface area contributed by atoms with Crippen LogP contribution in [0.4, 0.5) is 5.69 Å². The Morgan fingerprint density at radius 1 is 1.00 bits per heavy atom. The van der Waals surface area contributed by atoms with Crippen LogP contribution in [-0.2, 0) is 10.0 Å². The van der Waals surface area contributed by atoms with Gasteiger partial charge in [-0.1, -0.05) is 41.9 Å². The Bertz CT molecular complexity index is 1020. The molecule has 0 aliphatic carbocycles. The average molecular weight is 376 g/mol. The van der Waals surface area contributed by atoms with Crippen LogP contribution in [0.2, 0.25) is 5.02 Å². The average Bonchev–Trinajstić information content (AvgIpc) is 2.62. The maximum atomic E-state index is 13.1. The van der Waals surface area contributed by atoms with Crippen molar-refractivity contribution in [3.05, 3.63) is 65.7 Å². The summed E-state index contributed by atoms with van der Waals surface area (Å²) in [6.45, 7) is 2.08. The summed E-state index contributed by atoms with van der Waals surface area (Å²) in [7, 11) is -2.18. The molecule has 0 heterocycles. The Morgan fingerprint density at radius 2 is 1.72 bits per heavy atom. The number of ether oxygens (including phenoxy) is 1. The first-order valence-corrected chi connectivity index (χ1v) is 9.64. The SMILES string of the molecule is CCN(c1ccc(OC)c(Cl)c1)S(=O)(=O)c1ccc2ccccc2c1. The molecule has 0 atom stereocenters. The molecule has 0 amide bonds. The van der Waals surface area contributed by atoms with Gasteiger partial charge in [0.2, 0.25) is 0 Å². The first-order valence-electron chi connectivity index (χ1n) is 7.82. The summed E-state index contributed by atoms with van der Waals surface area (Å²) in [6.07, 6.45) is 0. The minimum atomic E-state index is -3.70. The molecule has 3 rings (SSSR count). The summed E-state index contributed by atoms with van der Waals surface area (Å²) in [5, 5.41) is 2.25. The van der Waals surface area contributed by atoms with Gasteiger partial charge in [0.05, 0.1) is 22.7 Å². The highest BCUT2D eigenvalue weighted by molar-refractivity contribution is 7.92. The first kappa shape index (κ1) is 17.6. The van der Waals surface area contributed by atoms with E-state index in [0.29, 0.717) is 16.5 Å². The van der Waals surface area contributed by atoms with Crippen LogP contribution in [0.1, 0.15) is 6.92 Å². The molecule has 0 bridgehead atoms. The molecule has 3 aromatic rings. The number of hydrogen-bond acceptors (Lipinski definition) is 3. The molecule has 0 aliphatic heterocycles. The molecule has 0 spiro atoms. The lowest BCUT2D eigenvalue weighted by Gasteiger charge is -2.23. The third-order valence-electron chi connectivity index (χ3n) is 4.02. The third kappa shape index (κ3) is 3.30. The second-order valence-electron chi connectivity index (χ2n) is 5.50. The molecule has 0 saturated carbocycles. The van der Waals surface area contributed by atoms with Crippen LogP contribution >= 0.6 is 11.6 Å². The van der Waals surface area contributed by atoms with Crippen LogP contribution < -0.4 is 9.04 Å². The molecule has 130 valence electrons. The summed E-state index contributed by atoms with van der Waals surface area (Å²) in [5.74, 6) is 0.504. The monoisotopic (exact) mass is 375 g/mol. The minimum Gasteiger partial charge on any atom is -0.495 e. The van der Waals surface area contributed by atoms with E-state index in [1.165, 1.54) is 11.4 Å². The van der Waals surface area contributed by atoms with Gasteiger partial charge in [-0.2, -0.15) is 0 Å². The quantitative estimate of drug-likeness (QED) is 0.648. The highest BCUT2D eigenvalue weighted by Crippen LogP contribution is 2.32. The molecule has 6 heteroatoms. The molecular weight excluding hydrogens is 358 g/mol. The summed E-state index contributed by atoms with van der Waals surface area (Å²) >= 11 is 6.16. The zero-order valence-electron chi connectivity index (χ0n) is 13.9. The van der Waals surface area contributed by atoms with Gasteiger partial charge in [-0.15, -0.1) is 0 Å². The number of anilines is 1. The first-order chi connectivity index (χ1) is 12.0. The fourth-order valence-corrected chi connectivity index (χ4v) is 4.51. The molecule has 4 nitrogen and oxygen atoms in total. The molecule has 0 aromatic heterocycles. The van der Waals surface area contributed by atoms with Crippen LogP contribution in [0, 0.1) is 0 Å². The maximum Gasteiger partial charge on any atom is 0.264 e. The number of benzene rings is 3. The molecule has 0 N–H and O–H groups in total. The van der Waals surface area contributed by atoms with Crippen LogP contribution in [0.5, 0.6) is 5.75 Å². The zero-order valence-corrected chi connectivity index (χ0v) is 15.5. The topological polar surface area (TPSA) is 46.6 Å². The lowest BCUT2D eigenvalue weighted by molar-refractivity contribution is 0.415. The van der Waals surface area contributed by atoms with Crippen LogP contribution in [0.3, 0.4) is 0 Å². The van der Waals surface area contributed by atoms with Crippen molar-refractivity contribution in [2.24, 2.45) is 0 Å². The Morgan fingerprint density at radius 3 is 2.36 bits per heavy atom. The largest absolute Gasteiger partial charge is 0.495 e. The predicted molar refractivity (Wildman–Crippen MR) is 102 cm³/mol. The summed E-state index contributed by atoms with van der Waals surface area (Å²) in [4.78, 5) is 0.250. The van der Waals surface area contributed by atoms with Gasteiger partial charge in [0.15, 0.2) is 0 Å². The Kier molecular flexibility index (Phi) is 4.88. The van der Waals surface area contributed by atoms with Gasteiger partial charge >= 0.3 is 0 Å². The minimum absolute atomic E-state index is 0.250. The molecule has 0 aliphatic rings. The second-order valence-corrected chi connectivity index (χ2v) is 7.77. The number of nitrogens with zero attached hydrogens (tertiary/aromatic N) is 1. The van der Waals surface area contributed by atoms with E-state index >= 15 is 0 Å². The van der Waals surface area contributed by atoms with Gasteiger partial charge in [-0.25, -0.2) is 8.42 Å². The van der Waals surface area contributed by atoms with E-state index in [-0.39, 0.29) is 11.4 Å². The molecule has 3 aromatic carbocycles. The molecular formula is C19H18ClNO3S. The molecule has 0 unspecified atom stereocenters. The fraction of sp³-hybridized carbons (Fsp3) is 0.158. The summed E-state index contributed by atoms with van der Waals surface area (Å²) < 4.78 is 32.7. The third-order valence-corrected chi connectivity index (χ3v) is 6.21. The van der Waals surface area contributed by atoms with E-state index in [2.05, 4.69) is 0 Å². The molecule has 0 fully saturated rings. The Balaban J connectivity index is 2.07. The van der Waals surface area contributed by atoms with Crippen molar-refractivity contribution in [3.63, 3.8) is 0 Å². The standard InChI is InChI=1S/C19H18ClNO3S/c1-3-21(16-9-11-19(24-2)18(20)13-16)25(22,23)17-10-8-14-6-4-5-7-15(14)12-17/h4-13H,3H2,1-2H3. The van der Waals surface area contributed by atoms with Gasteiger partial charge in [0, 0.05) is 6.54 Å². The highest BCUT2D eigenvalue weighted by Gasteiger charge is 2.24.